The van der Waals surface area contributed by atoms with Crippen LogP contribution in [0.2, 0.25) is 19.6 Å². The van der Waals surface area contributed by atoms with Crippen molar-refractivity contribution >= 4 is 19.0 Å². The molecule has 3 heteroatoms. The van der Waals surface area contributed by atoms with E-state index in [0.717, 1.165) is 31.2 Å². The molecule has 27 heavy (non-hydrogen) atoms. The van der Waals surface area contributed by atoms with Crippen LogP contribution in [0.1, 0.15) is 35.2 Å². The maximum atomic E-state index is 6.97. The number of nitrogens with two attached hydrogens (primary N) is 1. The number of aromatic amines is 1. The third-order valence-electron chi connectivity index (χ3n) is 5.40. The summed E-state index contributed by atoms with van der Waals surface area (Å²) in [4.78, 5) is 3.66. The lowest BCUT2D eigenvalue weighted by atomic mass is 9.77. The molecule has 1 unspecified atom stereocenters. The second-order valence-electron chi connectivity index (χ2n) is 8.91. The summed E-state index contributed by atoms with van der Waals surface area (Å²) in [6, 6.07) is 17.2. The second-order valence-corrected chi connectivity index (χ2v) is 13.7. The van der Waals surface area contributed by atoms with Gasteiger partial charge in [0.2, 0.25) is 0 Å². The van der Waals surface area contributed by atoms with Gasteiger partial charge >= 0.3 is 0 Å². The number of benzene rings is 2. The molecule has 138 valence electrons. The Hall–Kier alpha value is -2.28. The Kier molecular flexibility index (Phi) is 4.50. The summed E-state index contributed by atoms with van der Waals surface area (Å²) in [6.45, 7) is 6.84. The molecule has 1 heterocycles. The lowest BCUT2D eigenvalue weighted by Gasteiger charge is -2.34. The van der Waals surface area contributed by atoms with Gasteiger partial charge in [0.25, 0.3) is 0 Å². The van der Waals surface area contributed by atoms with Gasteiger partial charge in [-0.1, -0.05) is 55.9 Å². The van der Waals surface area contributed by atoms with Gasteiger partial charge in [0.1, 0.15) is 8.07 Å². The molecule has 2 nitrogen and oxygen atoms in total. The Bertz CT molecular complexity index is 1030. The Morgan fingerprint density at radius 3 is 2.63 bits per heavy atom. The van der Waals surface area contributed by atoms with Crippen molar-refractivity contribution in [2.45, 2.75) is 50.9 Å². The smallest absolute Gasteiger partial charge is 0.129 e. The molecule has 0 bridgehead atoms. The quantitative estimate of drug-likeness (QED) is 0.475. The van der Waals surface area contributed by atoms with Crippen LogP contribution in [0.5, 0.6) is 0 Å². The molecule has 0 fully saturated rings. The van der Waals surface area contributed by atoms with E-state index < -0.39 is 8.07 Å². The number of hydrogen-bond donors (Lipinski definition) is 2. The van der Waals surface area contributed by atoms with Gasteiger partial charge in [0.15, 0.2) is 0 Å². The number of fused-ring (bicyclic) bond motifs is 3. The maximum Gasteiger partial charge on any atom is 0.129 e. The van der Waals surface area contributed by atoms with E-state index in [0.29, 0.717) is 0 Å². The predicted molar refractivity (Wildman–Crippen MR) is 117 cm³/mol. The SMILES string of the molecule is C[Si](C)(C)C#Cc1ccc2[nH]c3c(c2c1)CCCC3(N)Cc1ccccc1. The van der Waals surface area contributed by atoms with Crippen molar-refractivity contribution in [2.75, 3.05) is 0 Å². The standard InChI is InChI=1S/C24H28N2Si/c1-27(2,3)15-13-18-11-12-22-21(16-18)20-10-7-14-24(25,23(20)26-22)17-19-8-5-4-6-9-19/h4-6,8-9,11-12,16,26H,7,10,14,17,25H2,1-3H3. The van der Waals surface area contributed by atoms with E-state index >= 15 is 0 Å². The van der Waals surface area contributed by atoms with Gasteiger partial charge in [0, 0.05) is 22.2 Å². The first-order valence-corrected chi connectivity index (χ1v) is 13.4. The number of H-pyrrole nitrogens is 1. The molecule has 0 amide bonds. The fourth-order valence-corrected chi connectivity index (χ4v) is 4.63. The van der Waals surface area contributed by atoms with Gasteiger partial charge in [-0.05, 0) is 55.0 Å². The topological polar surface area (TPSA) is 41.8 Å². The number of nitrogens with one attached hydrogen (secondary N) is 1. The van der Waals surface area contributed by atoms with Crippen LogP contribution in [0.4, 0.5) is 0 Å². The van der Waals surface area contributed by atoms with E-state index in [1.165, 1.54) is 27.7 Å². The molecule has 4 rings (SSSR count). The number of rotatable bonds is 2. The zero-order valence-electron chi connectivity index (χ0n) is 16.5. The summed E-state index contributed by atoms with van der Waals surface area (Å²) in [5.74, 6) is 3.40. The molecule has 1 aliphatic rings. The van der Waals surface area contributed by atoms with Crippen LogP contribution in [0.3, 0.4) is 0 Å². The zero-order chi connectivity index (χ0) is 19.1. The summed E-state index contributed by atoms with van der Waals surface area (Å²) in [7, 11) is -1.38. The normalized spacial score (nSPS) is 19.4. The molecule has 3 N–H and O–H groups in total. The Balaban J connectivity index is 1.76. The van der Waals surface area contributed by atoms with E-state index in [1.807, 2.05) is 0 Å². The molecule has 0 radical (unpaired) electrons. The van der Waals surface area contributed by atoms with Crippen molar-refractivity contribution in [1.29, 1.82) is 0 Å². The van der Waals surface area contributed by atoms with E-state index in [-0.39, 0.29) is 5.54 Å². The number of aromatic nitrogens is 1. The minimum Gasteiger partial charge on any atom is -0.357 e. The van der Waals surface area contributed by atoms with Gasteiger partial charge in [-0.2, -0.15) is 0 Å². The minimum atomic E-state index is -1.38. The lowest BCUT2D eigenvalue weighted by molar-refractivity contribution is 0.362. The largest absolute Gasteiger partial charge is 0.357 e. The highest BCUT2D eigenvalue weighted by atomic mass is 28.3. The molecular formula is C24H28N2Si. The van der Waals surface area contributed by atoms with Crippen LogP contribution in [0, 0.1) is 11.5 Å². The van der Waals surface area contributed by atoms with Crippen molar-refractivity contribution in [3.63, 3.8) is 0 Å². The second kappa shape index (κ2) is 6.71. The van der Waals surface area contributed by atoms with Crippen molar-refractivity contribution in [2.24, 2.45) is 5.73 Å². The van der Waals surface area contributed by atoms with Crippen LogP contribution in [-0.4, -0.2) is 13.1 Å². The van der Waals surface area contributed by atoms with Crippen molar-refractivity contribution in [1.82, 2.24) is 4.98 Å². The molecule has 3 aromatic rings. The van der Waals surface area contributed by atoms with Gasteiger partial charge < -0.3 is 10.7 Å². The molecule has 1 aromatic heterocycles. The van der Waals surface area contributed by atoms with E-state index in [4.69, 9.17) is 5.73 Å². The first-order valence-electron chi connectivity index (χ1n) is 9.85. The molecule has 0 saturated carbocycles. The van der Waals surface area contributed by atoms with Crippen molar-refractivity contribution in [3.8, 4) is 11.5 Å². The van der Waals surface area contributed by atoms with Crippen molar-refractivity contribution in [3.05, 3.63) is 70.9 Å². The summed E-state index contributed by atoms with van der Waals surface area (Å²) >= 11 is 0. The average Bonchev–Trinajstić information content (AvgIpc) is 3.00. The van der Waals surface area contributed by atoms with Gasteiger partial charge in [-0.15, -0.1) is 5.54 Å². The number of aryl methyl sites for hydroxylation is 1. The van der Waals surface area contributed by atoms with E-state index in [1.54, 1.807) is 0 Å². The minimum absolute atomic E-state index is 0.321. The van der Waals surface area contributed by atoms with Crippen LogP contribution < -0.4 is 5.73 Å². The van der Waals surface area contributed by atoms with E-state index in [9.17, 15) is 0 Å². The summed E-state index contributed by atoms with van der Waals surface area (Å²) in [6.07, 6.45) is 4.11. The molecule has 0 aliphatic heterocycles. The van der Waals surface area contributed by atoms with Crippen LogP contribution in [0.15, 0.2) is 48.5 Å². The zero-order valence-corrected chi connectivity index (χ0v) is 17.5. The fourth-order valence-electron chi connectivity index (χ4n) is 4.11. The van der Waals surface area contributed by atoms with Crippen LogP contribution >= 0.6 is 0 Å². The summed E-state index contributed by atoms with van der Waals surface area (Å²) in [5.41, 5.74) is 16.3. The third-order valence-corrected chi connectivity index (χ3v) is 6.27. The molecule has 0 spiro atoms. The monoisotopic (exact) mass is 372 g/mol. The molecule has 1 aliphatic carbocycles. The van der Waals surface area contributed by atoms with Gasteiger partial charge in [-0.25, -0.2) is 0 Å². The van der Waals surface area contributed by atoms with Crippen LogP contribution in [-0.2, 0) is 18.4 Å². The first kappa shape index (κ1) is 18.1. The van der Waals surface area contributed by atoms with Gasteiger partial charge in [0.05, 0.1) is 5.54 Å². The molecule has 0 saturated heterocycles. The third kappa shape index (κ3) is 3.74. The Labute approximate surface area is 163 Å². The summed E-state index contributed by atoms with van der Waals surface area (Å²) in [5, 5.41) is 1.30. The Morgan fingerprint density at radius 1 is 1.11 bits per heavy atom. The molecular weight excluding hydrogens is 344 g/mol. The highest BCUT2D eigenvalue weighted by Gasteiger charge is 2.35. The highest BCUT2D eigenvalue weighted by Crippen LogP contribution is 2.39. The maximum absolute atomic E-state index is 6.97. The first-order chi connectivity index (χ1) is 12.8. The fraction of sp³-hybridized carbons (Fsp3) is 0.333. The molecule has 2 aromatic carbocycles. The Morgan fingerprint density at radius 2 is 1.89 bits per heavy atom. The predicted octanol–water partition coefficient (Wildman–Crippen LogP) is 5.13. The van der Waals surface area contributed by atoms with Gasteiger partial charge in [-0.3, -0.25) is 0 Å². The molecule has 1 atom stereocenters. The summed E-state index contributed by atoms with van der Waals surface area (Å²) < 4.78 is 0. The lowest BCUT2D eigenvalue weighted by Crippen LogP contribution is -2.42. The highest BCUT2D eigenvalue weighted by molar-refractivity contribution is 6.83. The van der Waals surface area contributed by atoms with Crippen molar-refractivity contribution < 1.29 is 0 Å². The average molecular weight is 373 g/mol. The van der Waals surface area contributed by atoms with E-state index in [2.05, 4.69) is 84.6 Å². The number of hydrogen-bond acceptors (Lipinski definition) is 1. The van der Waals surface area contributed by atoms with Crippen LogP contribution in [0.25, 0.3) is 10.9 Å².